The third-order valence-electron chi connectivity index (χ3n) is 9.18. The first-order valence-corrected chi connectivity index (χ1v) is 17.6. The summed E-state index contributed by atoms with van der Waals surface area (Å²) >= 11 is 0. The zero-order chi connectivity index (χ0) is 35.1. The minimum atomic E-state index is -1.14. The Balaban J connectivity index is 1.40. The average molecular weight is 683 g/mol. The molecule has 6 heteroatoms. The monoisotopic (exact) mass is 682 g/mol. The molecule has 0 amide bonds. The van der Waals surface area contributed by atoms with Gasteiger partial charge in [0.2, 0.25) is 0 Å². The summed E-state index contributed by atoms with van der Waals surface area (Å²) in [7, 11) is 0. The van der Waals surface area contributed by atoms with Crippen molar-refractivity contribution in [1.82, 2.24) is 0 Å². The van der Waals surface area contributed by atoms with Crippen LogP contribution in [0.15, 0.2) is 164 Å². The van der Waals surface area contributed by atoms with Gasteiger partial charge in [-0.1, -0.05) is 158 Å². The van der Waals surface area contributed by atoms with E-state index < -0.39 is 30.0 Å². The molecule has 6 rings (SSSR count). The Morgan fingerprint density at radius 1 is 0.588 bits per heavy atom. The molecule has 0 spiro atoms. The van der Waals surface area contributed by atoms with Gasteiger partial charge >= 0.3 is 0 Å². The van der Waals surface area contributed by atoms with Gasteiger partial charge in [-0.25, -0.2) is 0 Å². The summed E-state index contributed by atoms with van der Waals surface area (Å²) in [4.78, 5) is 14.1. The quantitative estimate of drug-likeness (QED) is 0.0680. The van der Waals surface area contributed by atoms with Gasteiger partial charge in [0.15, 0.2) is 5.78 Å². The van der Waals surface area contributed by atoms with Crippen molar-refractivity contribution in [1.29, 1.82) is 0 Å². The van der Waals surface area contributed by atoms with Gasteiger partial charge in [0.25, 0.3) is 0 Å². The lowest BCUT2D eigenvalue weighted by molar-refractivity contribution is -0.306. The third kappa shape index (κ3) is 9.97. The first-order chi connectivity index (χ1) is 25.1. The molecule has 1 fully saturated rings. The Morgan fingerprint density at radius 3 is 1.51 bits per heavy atom. The van der Waals surface area contributed by atoms with E-state index in [1.54, 1.807) is 6.08 Å². The smallest absolute Gasteiger partial charge is 0.165 e. The number of benzene rings is 5. The highest BCUT2D eigenvalue weighted by atomic mass is 16.6. The van der Waals surface area contributed by atoms with E-state index in [9.17, 15) is 4.79 Å². The van der Waals surface area contributed by atoms with Crippen molar-refractivity contribution < 1.29 is 28.5 Å². The van der Waals surface area contributed by atoms with Gasteiger partial charge in [0.1, 0.15) is 30.0 Å². The lowest BCUT2D eigenvalue weighted by Crippen LogP contribution is -2.67. The Kier molecular flexibility index (Phi) is 13.1. The normalized spacial score (nSPS) is 21.6. The maximum atomic E-state index is 14.1. The molecule has 1 heterocycles. The molecule has 0 radical (unpaired) electrons. The van der Waals surface area contributed by atoms with Crippen LogP contribution in [0.1, 0.15) is 45.5 Å². The maximum absolute atomic E-state index is 14.1. The second-order valence-corrected chi connectivity index (χ2v) is 12.9. The Bertz CT molecular complexity index is 1750. The van der Waals surface area contributed by atoms with Crippen LogP contribution in [0.4, 0.5) is 0 Å². The predicted molar refractivity (Wildman–Crippen MR) is 199 cm³/mol. The van der Waals surface area contributed by atoms with Crippen molar-refractivity contribution in [2.24, 2.45) is 0 Å². The van der Waals surface area contributed by atoms with Gasteiger partial charge in [-0.3, -0.25) is 4.79 Å². The SMILES string of the molecule is C=CC[C@]1(CC(=O)c2ccccc2)O[C@H](COCc2ccccc2)[C@@H](OCc2ccccc2)[C@H](OCc2ccccc2)[C@H]1OCc1ccccc1. The molecular formula is C45H46O6. The van der Waals surface area contributed by atoms with Gasteiger partial charge < -0.3 is 23.7 Å². The lowest BCUT2D eigenvalue weighted by atomic mass is 9.78. The van der Waals surface area contributed by atoms with Crippen LogP contribution in [-0.4, -0.2) is 42.4 Å². The third-order valence-corrected chi connectivity index (χ3v) is 9.18. The van der Waals surface area contributed by atoms with E-state index in [1.807, 2.05) is 152 Å². The predicted octanol–water partition coefficient (Wildman–Crippen LogP) is 8.95. The Hall–Kier alpha value is -4.69. The van der Waals surface area contributed by atoms with Crippen molar-refractivity contribution in [3.8, 4) is 0 Å². The number of hydrogen-bond donors (Lipinski definition) is 0. The highest BCUT2D eigenvalue weighted by Crippen LogP contribution is 2.42. The average Bonchev–Trinajstić information content (AvgIpc) is 3.18. The standard InChI is InChI=1S/C45H46O6/c1-2-28-45(29-40(46)39-26-16-7-17-27-39)44(50-33-38-24-14-6-15-25-38)43(49-32-37-22-12-5-13-23-37)42(48-31-36-20-10-4-11-21-36)41(51-45)34-47-30-35-18-8-3-9-19-35/h2-27,41-44H,1,28-34H2/t41-,42-,43+,44-,45-/m1/s1. The van der Waals surface area contributed by atoms with Crippen LogP contribution in [0.3, 0.4) is 0 Å². The minimum Gasteiger partial charge on any atom is -0.374 e. The molecule has 5 aromatic carbocycles. The molecule has 0 N–H and O–H groups in total. The second-order valence-electron chi connectivity index (χ2n) is 12.9. The van der Waals surface area contributed by atoms with Crippen LogP contribution < -0.4 is 0 Å². The molecule has 0 aromatic heterocycles. The summed E-state index contributed by atoms with van der Waals surface area (Å²) in [6.07, 6.45) is -0.351. The second kappa shape index (κ2) is 18.5. The van der Waals surface area contributed by atoms with E-state index in [1.165, 1.54) is 0 Å². The van der Waals surface area contributed by atoms with E-state index in [2.05, 4.69) is 6.58 Å². The molecule has 0 unspecified atom stereocenters. The highest BCUT2D eigenvalue weighted by Gasteiger charge is 2.57. The van der Waals surface area contributed by atoms with E-state index in [4.69, 9.17) is 23.7 Å². The van der Waals surface area contributed by atoms with Gasteiger partial charge in [0, 0.05) is 12.0 Å². The van der Waals surface area contributed by atoms with Crippen LogP contribution >= 0.6 is 0 Å². The molecular weight excluding hydrogens is 636 g/mol. The largest absolute Gasteiger partial charge is 0.374 e. The maximum Gasteiger partial charge on any atom is 0.165 e. The number of carbonyl (C=O) groups excluding carboxylic acids is 1. The molecule has 0 saturated carbocycles. The van der Waals surface area contributed by atoms with Crippen LogP contribution in [0.5, 0.6) is 0 Å². The summed E-state index contributed by atoms with van der Waals surface area (Å²) in [5.41, 5.74) is 3.54. The van der Waals surface area contributed by atoms with Crippen molar-refractivity contribution >= 4 is 5.78 Å². The van der Waals surface area contributed by atoms with Crippen molar-refractivity contribution in [2.75, 3.05) is 6.61 Å². The van der Waals surface area contributed by atoms with Crippen LogP contribution in [-0.2, 0) is 50.1 Å². The fraction of sp³-hybridized carbons (Fsp3) is 0.267. The van der Waals surface area contributed by atoms with Crippen molar-refractivity contribution in [2.45, 2.75) is 69.3 Å². The summed E-state index contributed by atoms with van der Waals surface area (Å²) in [6, 6.07) is 49.5. The molecule has 0 bridgehead atoms. The van der Waals surface area contributed by atoms with Crippen molar-refractivity contribution in [3.05, 3.63) is 192 Å². The Labute approximate surface area is 301 Å². The number of ether oxygens (including phenoxy) is 5. The zero-order valence-electron chi connectivity index (χ0n) is 28.9. The molecule has 5 atom stereocenters. The summed E-state index contributed by atoms with van der Waals surface area (Å²) in [6.45, 7) is 5.67. The molecule has 0 aliphatic carbocycles. The van der Waals surface area contributed by atoms with Crippen LogP contribution in [0.25, 0.3) is 0 Å². The number of carbonyl (C=O) groups is 1. The lowest BCUT2D eigenvalue weighted by Gasteiger charge is -2.52. The van der Waals surface area contributed by atoms with E-state index in [-0.39, 0.29) is 18.8 Å². The fourth-order valence-electron chi connectivity index (χ4n) is 6.66. The number of ketones is 1. The first-order valence-electron chi connectivity index (χ1n) is 17.6. The summed E-state index contributed by atoms with van der Waals surface area (Å²) in [5.74, 6) is -0.0554. The van der Waals surface area contributed by atoms with Gasteiger partial charge in [0.05, 0.1) is 33.0 Å². The first kappa shape index (κ1) is 36.1. The topological polar surface area (TPSA) is 63.2 Å². The molecule has 262 valence electrons. The fourth-order valence-corrected chi connectivity index (χ4v) is 6.66. The molecule has 1 aliphatic heterocycles. The van der Waals surface area contributed by atoms with Crippen LogP contribution in [0.2, 0.25) is 0 Å². The minimum absolute atomic E-state index is 0.0499. The number of rotatable bonds is 18. The summed E-state index contributed by atoms with van der Waals surface area (Å²) in [5, 5.41) is 0. The van der Waals surface area contributed by atoms with E-state index in [0.29, 0.717) is 38.4 Å². The number of Topliss-reactive ketones (excluding diaryl/α,β-unsaturated/α-hetero) is 1. The molecule has 1 saturated heterocycles. The van der Waals surface area contributed by atoms with Gasteiger partial charge in [-0.15, -0.1) is 6.58 Å². The Morgan fingerprint density at radius 2 is 1.02 bits per heavy atom. The molecule has 5 aromatic rings. The van der Waals surface area contributed by atoms with Crippen molar-refractivity contribution in [3.63, 3.8) is 0 Å². The van der Waals surface area contributed by atoms with E-state index >= 15 is 0 Å². The summed E-state index contributed by atoms with van der Waals surface area (Å²) < 4.78 is 34.2. The molecule has 1 aliphatic rings. The highest BCUT2D eigenvalue weighted by molar-refractivity contribution is 5.96. The van der Waals surface area contributed by atoms with Crippen LogP contribution in [0, 0.1) is 0 Å². The zero-order valence-corrected chi connectivity index (χ0v) is 28.9. The van der Waals surface area contributed by atoms with E-state index in [0.717, 1.165) is 22.3 Å². The number of hydrogen-bond acceptors (Lipinski definition) is 6. The molecule has 51 heavy (non-hydrogen) atoms. The van der Waals surface area contributed by atoms with Gasteiger partial charge in [-0.05, 0) is 28.7 Å². The van der Waals surface area contributed by atoms with Gasteiger partial charge in [-0.2, -0.15) is 0 Å². The molecule has 6 nitrogen and oxygen atoms in total.